The Hall–Kier alpha value is -1.11. The molecule has 0 aliphatic rings. The van der Waals surface area contributed by atoms with Crippen molar-refractivity contribution in [1.29, 1.82) is 0 Å². The Labute approximate surface area is 122 Å². The molecule has 0 saturated heterocycles. The Kier molecular flexibility index (Phi) is 5.98. The number of aryl methyl sites for hydroxylation is 1. The van der Waals surface area contributed by atoms with Gasteiger partial charge in [0.2, 0.25) is 10.0 Å². The van der Waals surface area contributed by atoms with Crippen molar-refractivity contribution in [1.82, 2.24) is 9.21 Å². The van der Waals surface area contributed by atoms with E-state index in [1.807, 2.05) is 25.9 Å². The first-order chi connectivity index (χ1) is 9.28. The van der Waals surface area contributed by atoms with Crippen LogP contribution in [0.25, 0.3) is 0 Å². The topological polar surface area (TPSA) is 66.6 Å². The molecule has 0 atom stereocenters. The van der Waals surface area contributed by atoms with E-state index in [0.717, 1.165) is 18.5 Å². The van der Waals surface area contributed by atoms with Crippen molar-refractivity contribution in [3.63, 3.8) is 0 Å². The molecule has 0 amide bonds. The van der Waals surface area contributed by atoms with Gasteiger partial charge in [-0.25, -0.2) is 12.7 Å². The highest BCUT2D eigenvalue weighted by atomic mass is 32.2. The number of hydrogen-bond donors (Lipinski definition) is 1. The Bertz CT molecular complexity index is 541. The number of hydrogen-bond acceptors (Lipinski definition) is 4. The average Bonchev–Trinajstić information content (AvgIpc) is 2.38. The highest BCUT2D eigenvalue weighted by Gasteiger charge is 2.23. The number of nitrogens with zero attached hydrogens (tertiary/aromatic N) is 2. The van der Waals surface area contributed by atoms with Gasteiger partial charge in [-0.05, 0) is 51.2 Å². The second kappa shape index (κ2) is 7.06. The maximum atomic E-state index is 12.6. The molecule has 20 heavy (non-hydrogen) atoms. The lowest BCUT2D eigenvalue weighted by Gasteiger charge is -2.20. The summed E-state index contributed by atoms with van der Waals surface area (Å²) in [5, 5.41) is 0. The molecule has 1 aromatic carbocycles. The summed E-state index contributed by atoms with van der Waals surface area (Å²) in [5.41, 5.74) is 7.01. The average molecular weight is 299 g/mol. The van der Waals surface area contributed by atoms with Gasteiger partial charge < -0.3 is 10.6 Å². The van der Waals surface area contributed by atoms with E-state index >= 15 is 0 Å². The predicted octanol–water partition coefficient (Wildman–Crippen LogP) is 1.40. The largest absolute Gasteiger partial charge is 0.399 e. The van der Waals surface area contributed by atoms with Crippen LogP contribution in [0.3, 0.4) is 0 Å². The van der Waals surface area contributed by atoms with Crippen LogP contribution in [0.2, 0.25) is 0 Å². The summed E-state index contributed by atoms with van der Waals surface area (Å²) >= 11 is 0. The van der Waals surface area contributed by atoms with E-state index in [-0.39, 0.29) is 0 Å². The lowest BCUT2D eigenvalue weighted by Crippen LogP contribution is -2.30. The molecule has 0 saturated carbocycles. The van der Waals surface area contributed by atoms with Gasteiger partial charge in [-0.1, -0.05) is 13.0 Å². The van der Waals surface area contributed by atoms with Gasteiger partial charge in [0.15, 0.2) is 0 Å². The van der Waals surface area contributed by atoms with E-state index in [1.165, 1.54) is 4.31 Å². The number of nitrogens with two attached hydrogens (primary N) is 1. The molecule has 0 spiro atoms. The Balaban J connectivity index is 2.95. The zero-order valence-corrected chi connectivity index (χ0v) is 13.6. The third-order valence-electron chi connectivity index (χ3n) is 3.24. The zero-order chi connectivity index (χ0) is 15.3. The fourth-order valence-electron chi connectivity index (χ4n) is 2.00. The quantitative estimate of drug-likeness (QED) is 0.773. The zero-order valence-electron chi connectivity index (χ0n) is 12.8. The van der Waals surface area contributed by atoms with E-state index in [1.54, 1.807) is 25.2 Å². The van der Waals surface area contributed by atoms with Gasteiger partial charge >= 0.3 is 0 Å². The van der Waals surface area contributed by atoms with Crippen LogP contribution in [0.1, 0.15) is 18.9 Å². The number of benzene rings is 1. The van der Waals surface area contributed by atoms with Crippen molar-refractivity contribution >= 4 is 15.7 Å². The van der Waals surface area contributed by atoms with E-state index in [0.29, 0.717) is 23.5 Å². The van der Waals surface area contributed by atoms with Crippen molar-refractivity contribution in [2.75, 3.05) is 40.0 Å². The lowest BCUT2D eigenvalue weighted by atomic mass is 10.1. The molecule has 0 radical (unpaired) electrons. The maximum Gasteiger partial charge on any atom is 0.243 e. The molecular weight excluding hydrogens is 274 g/mol. The molecule has 1 aromatic rings. The summed E-state index contributed by atoms with van der Waals surface area (Å²) in [4.78, 5) is 2.37. The number of anilines is 1. The van der Waals surface area contributed by atoms with Crippen LogP contribution < -0.4 is 5.73 Å². The standard InChI is InChI=1S/C14H25N3O2S/c1-5-12-7-8-13(15)11-14(12)20(18,19)17(4)10-6-9-16(2)3/h7-8,11H,5-6,9-10,15H2,1-4H3. The normalized spacial score (nSPS) is 12.3. The summed E-state index contributed by atoms with van der Waals surface area (Å²) in [6.07, 6.45) is 1.47. The molecule has 0 aliphatic carbocycles. The minimum absolute atomic E-state index is 0.326. The smallest absolute Gasteiger partial charge is 0.243 e. The minimum Gasteiger partial charge on any atom is -0.399 e. The fourth-order valence-corrected chi connectivity index (χ4v) is 3.53. The summed E-state index contributed by atoms with van der Waals surface area (Å²) < 4.78 is 26.6. The van der Waals surface area contributed by atoms with Crippen molar-refractivity contribution in [2.45, 2.75) is 24.7 Å². The van der Waals surface area contributed by atoms with Gasteiger partial charge in [0.25, 0.3) is 0 Å². The summed E-state index contributed by atoms with van der Waals surface area (Å²) in [6.45, 7) is 3.30. The van der Waals surface area contributed by atoms with E-state index in [9.17, 15) is 8.42 Å². The van der Waals surface area contributed by atoms with Crippen molar-refractivity contribution < 1.29 is 8.42 Å². The van der Waals surface area contributed by atoms with Crippen molar-refractivity contribution in [3.05, 3.63) is 23.8 Å². The molecular formula is C14H25N3O2S. The van der Waals surface area contributed by atoms with E-state index in [4.69, 9.17) is 5.73 Å². The summed E-state index contributed by atoms with van der Waals surface area (Å²) in [7, 11) is 2.10. The second-order valence-corrected chi connectivity index (χ2v) is 7.22. The molecule has 6 heteroatoms. The van der Waals surface area contributed by atoms with Gasteiger partial charge in [-0.2, -0.15) is 0 Å². The highest BCUT2D eigenvalue weighted by Crippen LogP contribution is 2.22. The monoisotopic (exact) mass is 299 g/mol. The Morgan fingerprint density at radius 1 is 1.15 bits per heavy atom. The van der Waals surface area contributed by atoms with E-state index in [2.05, 4.69) is 0 Å². The van der Waals surface area contributed by atoms with Crippen molar-refractivity contribution in [2.24, 2.45) is 0 Å². The molecule has 114 valence electrons. The maximum absolute atomic E-state index is 12.6. The Morgan fingerprint density at radius 2 is 1.80 bits per heavy atom. The molecule has 0 heterocycles. The molecule has 0 bridgehead atoms. The van der Waals surface area contributed by atoms with Crippen LogP contribution in [0.4, 0.5) is 5.69 Å². The molecule has 1 rings (SSSR count). The molecule has 5 nitrogen and oxygen atoms in total. The van der Waals surface area contributed by atoms with Crippen LogP contribution in [-0.2, 0) is 16.4 Å². The van der Waals surface area contributed by atoms with Crippen LogP contribution in [-0.4, -0.2) is 51.9 Å². The SMILES string of the molecule is CCc1ccc(N)cc1S(=O)(=O)N(C)CCCN(C)C. The predicted molar refractivity (Wildman–Crippen MR) is 83.2 cm³/mol. The van der Waals surface area contributed by atoms with Crippen LogP contribution in [0, 0.1) is 0 Å². The summed E-state index contributed by atoms with van der Waals surface area (Å²) in [6, 6.07) is 5.08. The van der Waals surface area contributed by atoms with E-state index < -0.39 is 10.0 Å². The first-order valence-corrected chi connectivity index (χ1v) is 8.22. The fraction of sp³-hybridized carbons (Fsp3) is 0.571. The van der Waals surface area contributed by atoms with Crippen LogP contribution in [0.15, 0.2) is 23.1 Å². The van der Waals surface area contributed by atoms with Crippen molar-refractivity contribution in [3.8, 4) is 0 Å². The highest BCUT2D eigenvalue weighted by molar-refractivity contribution is 7.89. The van der Waals surface area contributed by atoms with Gasteiger partial charge in [-0.3, -0.25) is 0 Å². The number of rotatable bonds is 7. The first kappa shape index (κ1) is 16.9. The third-order valence-corrected chi connectivity index (χ3v) is 5.18. The molecule has 0 aromatic heterocycles. The first-order valence-electron chi connectivity index (χ1n) is 6.78. The molecule has 0 fully saturated rings. The second-order valence-electron chi connectivity index (χ2n) is 5.20. The summed E-state index contributed by atoms with van der Waals surface area (Å²) in [5.74, 6) is 0. The van der Waals surface area contributed by atoms with Crippen LogP contribution in [0.5, 0.6) is 0 Å². The molecule has 0 unspecified atom stereocenters. The van der Waals surface area contributed by atoms with Gasteiger partial charge in [0.05, 0.1) is 4.90 Å². The van der Waals surface area contributed by atoms with Crippen LogP contribution >= 0.6 is 0 Å². The van der Waals surface area contributed by atoms with Gasteiger partial charge in [0, 0.05) is 19.3 Å². The minimum atomic E-state index is -3.47. The van der Waals surface area contributed by atoms with Gasteiger partial charge in [-0.15, -0.1) is 0 Å². The molecule has 0 aliphatic heterocycles. The lowest BCUT2D eigenvalue weighted by molar-refractivity contribution is 0.370. The van der Waals surface area contributed by atoms with Gasteiger partial charge in [0.1, 0.15) is 0 Å². The number of nitrogen functional groups attached to an aromatic ring is 1. The molecule has 2 N–H and O–H groups in total. The Morgan fingerprint density at radius 3 is 2.35 bits per heavy atom. The third kappa shape index (κ3) is 4.19. The number of sulfonamides is 1.